The number of hydrogen-bond donors (Lipinski definition) is 3. The van der Waals surface area contributed by atoms with Crippen LogP contribution in [0.2, 0.25) is 0 Å². The van der Waals surface area contributed by atoms with Gasteiger partial charge in [-0.3, -0.25) is 19.4 Å². The zero-order chi connectivity index (χ0) is 20.7. The molecule has 0 radical (unpaired) electrons. The fourth-order valence-corrected chi connectivity index (χ4v) is 2.67. The van der Waals surface area contributed by atoms with E-state index in [-0.39, 0.29) is 37.3 Å². The molecular weight excluding hydrogens is 362 g/mol. The van der Waals surface area contributed by atoms with Crippen LogP contribution < -0.4 is 16.4 Å². The van der Waals surface area contributed by atoms with Crippen LogP contribution in [-0.2, 0) is 9.59 Å². The number of carbonyl (C=O) groups excluding carboxylic acids is 2. The molecule has 0 fully saturated rings. The van der Waals surface area contributed by atoms with E-state index in [0.717, 1.165) is 0 Å². The summed E-state index contributed by atoms with van der Waals surface area (Å²) in [7, 11) is 1.59. The van der Waals surface area contributed by atoms with Crippen molar-refractivity contribution in [1.29, 1.82) is 0 Å². The van der Waals surface area contributed by atoms with Gasteiger partial charge in [-0.2, -0.15) is 0 Å². The van der Waals surface area contributed by atoms with Crippen molar-refractivity contribution in [2.24, 2.45) is 16.5 Å². The number of likely N-dealkylation sites (N-methyl/N-ethyl adjacent to an activating group) is 1. The zero-order valence-corrected chi connectivity index (χ0v) is 15.6. The number of aliphatic carboxylic acids is 1. The lowest BCUT2D eigenvalue weighted by Gasteiger charge is -2.18. The number of carbonyl (C=O) groups is 3. The number of nitrogens with zero attached hydrogens (tertiary/aromatic N) is 3. The topological polar surface area (TPSA) is 142 Å². The summed E-state index contributed by atoms with van der Waals surface area (Å²) in [5.74, 6) is 4.34. The Morgan fingerprint density at radius 3 is 2.75 bits per heavy atom. The molecule has 0 saturated heterocycles. The molecule has 1 aliphatic heterocycles. The lowest BCUT2D eigenvalue weighted by Crippen LogP contribution is -2.38. The van der Waals surface area contributed by atoms with Gasteiger partial charge in [0.2, 0.25) is 5.91 Å². The van der Waals surface area contributed by atoms with E-state index in [2.05, 4.69) is 16.8 Å². The van der Waals surface area contributed by atoms with Crippen LogP contribution in [0.3, 0.4) is 0 Å². The van der Waals surface area contributed by atoms with E-state index in [1.165, 1.54) is 9.80 Å². The number of nitrogens with two attached hydrogens (primary N) is 2. The highest BCUT2D eigenvalue weighted by Gasteiger charge is 2.29. The van der Waals surface area contributed by atoms with E-state index in [4.69, 9.17) is 16.6 Å². The normalized spacial score (nSPS) is 13.3. The fourth-order valence-electron chi connectivity index (χ4n) is 2.67. The number of amides is 2. The number of rotatable bonds is 6. The molecule has 28 heavy (non-hydrogen) atoms. The quantitative estimate of drug-likeness (QED) is 0.272. The Balaban J connectivity index is 2.20. The van der Waals surface area contributed by atoms with Gasteiger partial charge in [0.25, 0.3) is 5.91 Å². The summed E-state index contributed by atoms with van der Waals surface area (Å²) in [4.78, 5) is 42.5. The number of carboxylic acid groups (broad SMARTS) is 1. The van der Waals surface area contributed by atoms with Crippen LogP contribution in [0.25, 0.3) is 0 Å². The van der Waals surface area contributed by atoms with Crippen molar-refractivity contribution in [3.05, 3.63) is 29.3 Å². The third-order valence-corrected chi connectivity index (χ3v) is 4.16. The van der Waals surface area contributed by atoms with Gasteiger partial charge in [-0.05, 0) is 24.6 Å². The molecule has 5 N–H and O–H groups in total. The highest BCUT2D eigenvalue weighted by Crippen LogP contribution is 2.26. The number of guanidine groups is 1. The molecule has 9 heteroatoms. The fraction of sp³-hybridized carbons (Fsp3) is 0.368. The molecule has 0 spiro atoms. The van der Waals surface area contributed by atoms with E-state index in [1.807, 2.05) is 0 Å². The van der Waals surface area contributed by atoms with Gasteiger partial charge in [-0.1, -0.05) is 11.8 Å². The molecule has 0 saturated carbocycles. The average molecular weight is 385 g/mol. The number of aliphatic imine (C=N–C) groups is 1. The zero-order valence-electron chi connectivity index (χ0n) is 15.6. The molecule has 148 valence electrons. The summed E-state index contributed by atoms with van der Waals surface area (Å²) < 4.78 is 0. The second-order valence-corrected chi connectivity index (χ2v) is 6.27. The Morgan fingerprint density at radius 1 is 1.32 bits per heavy atom. The molecule has 1 heterocycles. The van der Waals surface area contributed by atoms with Crippen LogP contribution in [0.4, 0.5) is 5.69 Å². The molecule has 0 bridgehead atoms. The standard InChI is InChI=1S/C19H23N5O4/c1-23-15-7-6-13(5-3-2-4-9-22-19(20)21)11-14(15)18(28)24(12-16(23)25)10-8-17(26)27/h6-7,11H,2,4,8-10,12H2,1H3,(H,26,27)(H4,20,21,22). The first-order chi connectivity index (χ1) is 13.3. The molecule has 2 rings (SSSR count). The molecule has 0 atom stereocenters. The summed E-state index contributed by atoms with van der Waals surface area (Å²) in [6.45, 7) is 0.294. The Labute approximate surface area is 163 Å². The van der Waals surface area contributed by atoms with Crippen LogP contribution >= 0.6 is 0 Å². The van der Waals surface area contributed by atoms with Crippen molar-refractivity contribution in [1.82, 2.24) is 4.90 Å². The molecule has 1 aliphatic rings. The van der Waals surface area contributed by atoms with Crippen molar-refractivity contribution in [3.63, 3.8) is 0 Å². The van der Waals surface area contributed by atoms with Crippen molar-refractivity contribution in [3.8, 4) is 11.8 Å². The molecule has 0 unspecified atom stereocenters. The minimum atomic E-state index is -1.03. The molecule has 2 amide bonds. The molecule has 0 aliphatic carbocycles. The lowest BCUT2D eigenvalue weighted by molar-refractivity contribution is -0.137. The predicted octanol–water partition coefficient (Wildman–Crippen LogP) is -0.0150. The number of benzene rings is 1. The minimum absolute atomic E-state index is 0.0338. The predicted molar refractivity (Wildman–Crippen MR) is 105 cm³/mol. The van der Waals surface area contributed by atoms with E-state index >= 15 is 0 Å². The van der Waals surface area contributed by atoms with Crippen LogP contribution in [0.15, 0.2) is 23.2 Å². The van der Waals surface area contributed by atoms with Gasteiger partial charge in [0, 0.05) is 32.1 Å². The highest BCUT2D eigenvalue weighted by atomic mass is 16.4. The Kier molecular flexibility index (Phi) is 6.98. The maximum atomic E-state index is 12.8. The van der Waals surface area contributed by atoms with Crippen LogP contribution in [-0.4, -0.2) is 60.4 Å². The first-order valence-corrected chi connectivity index (χ1v) is 8.75. The number of fused-ring (bicyclic) bond motifs is 1. The Hall–Kier alpha value is -3.54. The number of hydrogen-bond acceptors (Lipinski definition) is 4. The molecule has 0 aromatic heterocycles. The van der Waals surface area contributed by atoms with E-state index in [0.29, 0.717) is 36.2 Å². The Morgan fingerprint density at radius 2 is 2.07 bits per heavy atom. The lowest BCUT2D eigenvalue weighted by atomic mass is 10.1. The first kappa shape index (κ1) is 20.8. The maximum absolute atomic E-state index is 12.8. The summed E-state index contributed by atoms with van der Waals surface area (Å²) in [5, 5.41) is 8.87. The van der Waals surface area contributed by atoms with Crippen LogP contribution in [0, 0.1) is 11.8 Å². The monoisotopic (exact) mass is 385 g/mol. The van der Waals surface area contributed by atoms with Crippen LogP contribution in [0.5, 0.6) is 0 Å². The summed E-state index contributed by atoms with van der Waals surface area (Å²) in [5.41, 5.74) is 11.9. The molecule has 1 aromatic rings. The smallest absolute Gasteiger partial charge is 0.305 e. The van der Waals surface area contributed by atoms with E-state index in [9.17, 15) is 14.4 Å². The van der Waals surface area contributed by atoms with Gasteiger partial charge in [0.15, 0.2) is 5.96 Å². The first-order valence-electron chi connectivity index (χ1n) is 8.75. The molecule has 9 nitrogen and oxygen atoms in total. The number of anilines is 1. The Bertz CT molecular complexity index is 865. The molecular formula is C19H23N5O4. The van der Waals surface area contributed by atoms with Crippen molar-refractivity contribution in [2.45, 2.75) is 19.3 Å². The SMILES string of the molecule is CN1C(=O)CN(CCC(=O)O)C(=O)c2cc(C#CCCCN=C(N)N)ccc21. The van der Waals surface area contributed by atoms with Gasteiger partial charge >= 0.3 is 5.97 Å². The number of unbranched alkanes of at least 4 members (excludes halogenated alkanes) is 1. The van der Waals surface area contributed by atoms with E-state index < -0.39 is 5.97 Å². The molecule has 1 aromatic carbocycles. The third kappa shape index (κ3) is 5.48. The second kappa shape index (κ2) is 9.41. The average Bonchev–Trinajstić information content (AvgIpc) is 2.73. The number of carboxylic acids is 1. The third-order valence-electron chi connectivity index (χ3n) is 4.16. The second-order valence-electron chi connectivity index (χ2n) is 6.27. The summed E-state index contributed by atoms with van der Waals surface area (Å²) >= 11 is 0. The maximum Gasteiger partial charge on any atom is 0.305 e. The summed E-state index contributed by atoms with van der Waals surface area (Å²) in [6.07, 6.45) is 1.06. The van der Waals surface area contributed by atoms with Crippen molar-refractivity contribution in [2.75, 3.05) is 31.6 Å². The van der Waals surface area contributed by atoms with Gasteiger partial charge in [0.05, 0.1) is 17.7 Å². The summed E-state index contributed by atoms with van der Waals surface area (Å²) in [6, 6.07) is 5.05. The van der Waals surface area contributed by atoms with Crippen LogP contribution in [0.1, 0.15) is 35.2 Å². The van der Waals surface area contributed by atoms with Gasteiger partial charge in [0.1, 0.15) is 6.54 Å². The van der Waals surface area contributed by atoms with Gasteiger partial charge in [-0.15, -0.1) is 0 Å². The van der Waals surface area contributed by atoms with Gasteiger partial charge in [-0.25, -0.2) is 0 Å². The van der Waals surface area contributed by atoms with Crippen molar-refractivity contribution < 1.29 is 19.5 Å². The van der Waals surface area contributed by atoms with E-state index in [1.54, 1.807) is 25.2 Å². The largest absolute Gasteiger partial charge is 0.481 e. The van der Waals surface area contributed by atoms with Crippen molar-refractivity contribution >= 4 is 29.4 Å². The van der Waals surface area contributed by atoms with Gasteiger partial charge < -0.3 is 26.4 Å². The highest BCUT2D eigenvalue weighted by molar-refractivity contribution is 6.09. The minimum Gasteiger partial charge on any atom is -0.481 e.